The average Bonchev–Trinajstić information content (AvgIpc) is 2.88. The summed E-state index contributed by atoms with van der Waals surface area (Å²) in [5.41, 5.74) is 1.12. The molecule has 3 aromatic carbocycles. The number of amides is 2. The maximum atomic E-state index is 13.7. The number of para-hydroxylation sites is 1. The lowest BCUT2D eigenvalue weighted by molar-refractivity contribution is -0.140. The van der Waals surface area contributed by atoms with Crippen LogP contribution in [0.1, 0.15) is 18.9 Å². The Morgan fingerprint density at radius 1 is 0.914 bits per heavy atom. The number of likely N-dealkylation sites (N-methyl/N-ethyl adjacent to an activating group) is 1. The number of carbonyl (C=O) groups is 2. The van der Waals surface area contributed by atoms with E-state index in [0.29, 0.717) is 17.1 Å². The highest BCUT2D eigenvalue weighted by atomic mass is 35.5. The van der Waals surface area contributed by atoms with Crippen LogP contribution in [-0.4, -0.2) is 44.8 Å². The van der Waals surface area contributed by atoms with Gasteiger partial charge in [-0.2, -0.15) is 0 Å². The first-order valence-corrected chi connectivity index (χ1v) is 13.0. The lowest BCUT2D eigenvalue weighted by Crippen LogP contribution is -2.51. The molecular formula is C26H28ClN3O4S. The van der Waals surface area contributed by atoms with Crippen LogP contribution in [-0.2, 0) is 26.2 Å². The fourth-order valence-electron chi connectivity index (χ4n) is 3.72. The Hall–Kier alpha value is -3.36. The standard InChI is InChI=1S/C26H28ClN3O4S/c1-3-24(26(32)28-2)29(18-20-14-16-21(27)17-15-20)25(31)19-30(22-10-6-4-7-11-22)35(33,34)23-12-8-5-9-13-23/h4-17,24H,3,18-19H2,1-2H3,(H,28,32)/t24-/m0/s1. The van der Waals surface area contributed by atoms with Crippen molar-refractivity contribution in [3.8, 4) is 0 Å². The van der Waals surface area contributed by atoms with E-state index in [2.05, 4.69) is 5.32 Å². The third kappa shape index (κ3) is 6.41. The Bertz CT molecular complexity index is 1240. The highest BCUT2D eigenvalue weighted by Crippen LogP contribution is 2.24. The van der Waals surface area contributed by atoms with Crippen molar-refractivity contribution in [2.24, 2.45) is 0 Å². The molecule has 0 aromatic heterocycles. The second-order valence-corrected chi connectivity index (χ2v) is 10.1. The number of hydrogen-bond donors (Lipinski definition) is 1. The summed E-state index contributed by atoms with van der Waals surface area (Å²) < 4.78 is 28.2. The van der Waals surface area contributed by atoms with E-state index in [1.165, 1.54) is 24.1 Å². The van der Waals surface area contributed by atoms with E-state index in [1.54, 1.807) is 79.7 Å². The van der Waals surface area contributed by atoms with Crippen LogP contribution < -0.4 is 9.62 Å². The van der Waals surface area contributed by atoms with E-state index >= 15 is 0 Å². The van der Waals surface area contributed by atoms with Gasteiger partial charge in [0.05, 0.1) is 10.6 Å². The SMILES string of the molecule is CC[C@@H](C(=O)NC)N(Cc1ccc(Cl)cc1)C(=O)CN(c1ccccc1)S(=O)(=O)c1ccccc1. The summed E-state index contributed by atoms with van der Waals surface area (Å²) in [4.78, 5) is 27.8. The van der Waals surface area contributed by atoms with Gasteiger partial charge in [-0.3, -0.25) is 13.9 Å². The molecular weight excluding hydrogens is 486 g/mol. The van der Waals surface area contributed by atoms with Crippen molar-refractivity contribution in [2.45, 2.75) is 30.8 Å². The number of sulfonamides is 1. The van der Waals surface area contributed by atoms with Gasteiger partial charge in [-0.15, -0.1) is 0 Å². The first-order valence-electron chi connectivity index (χ1n) is 11.2. The van der Waals surface area contributed by atoms with Gasteiger partial charge >= 0.3 is 0 Å². The van der Waals surface area contributed by atoms with Gasteiger partial charge in [0.25, 0.3) is 10.0 Å². The lowest BCUT2D eigenvalue weighted by atomic mass is 10.1. The molecule has 184 valence electrons. The number of anilines is 1. The zero-order valence-electron chi connectivity index (χ0n) is 19.6. The predicted octanol–water partition coefficient (Wildman–Crippen LogP) is 4.09. The molecule has 3 aromatic rings. The van der Waals surface area contributed by atoms with E-state index in [0.717, 1.165) is 9.87 Å². The van der Waals surface area contributed by atoms with E-state index < -0.39 is 28.5 Å². The monoisotopic (exact) mass is 513 g/mol. The van der Waals surface area contributed by atoms with Gasteiger partial charge in [0, 0.05) is 18.6 Å². The minimum atomic E-state index is -4.05. The minimum Gasteiger partial charge on any atom is -0.357 e. The molecule has 0 unspecified atom stereocenters. The summed E-state index contributed by atoms with van der Waals surface area (Å²) in [5, 5.41) is 3.15. The summed E-state index contributed by atoms with van der Waals surface area (Å²) in [5.74, 6) is -0.828. The third-order valence-corrected chi connectivity index (χ3v) is 7.59. The van der Waals surface area contributed by atoms with E-state index in [9.17, 15) is 18.0 Å². The maximum absolute atomic E-state index is 13.7. The Labute approximate surface area is 211 Å². The van der Waals surface area contributed by atoms with Gasteiger partial charge in [-0.05, 0) is 48.4 Å². The Morgan fingerprint density at radius 3 is 2.03 bits per heavy atom. The van der Waals surface area contributed by atoms with Crippen LogP contribution in [0, 0.1) is 0 Å². The van der Waals surface area contributed by atoms with Crippen LogP contribution in [0.4, 0.5) is 5.69 Å². The van der Waals surface area contributed by atoms with Crippen molar-refractivity contribution in [1.29, 1.82) is 0 Å². The van der Waals surface area contributed by atoms with Crippen LogP contribution in [0.15, 0.2) is 89.8 Å². The summed E-state index contributed by atoms with van der Waals surface area (Å²) in [7, 11) is -2.55. The fourth-order valence-corrected chi connectivity index (χ4v) is 5.28. The van der Waals surface area contributed by atoms with E-state index in [-0.39, 0.29) is 17.3 Å². The second-order valence-electron chi connectivity index (χ2n) is 7.85. The highest BCUT2D eigenvalue weighted by Gasteiger charge is 2.33. The van der Waals surface area contributed by atoms with Crippen LogP contribution in [0.2, 0.25) is 5.02 Å². The first-order chi connectivity index (χ1) is 16.8. The molecule has 0 saturated carbocycles. The van der Waals surface area contributed by atoms with Crippen LogP contribution >= 0.6 is 11.6 Å². The number of halogens is 1. The molecule has 2 amide bonds. The third-order valence-electron chi connectivity index (χ3n) is 5.55. The van der Waals surface area contributed by atoms with Crippen molar-refractivity contribution in [3.63, 3.8) is 0 Å². The topological polar surface area (TPSA) is 86.8 Å². The quantitative estimate of drug-likeness (QED) is 0.442. The largest absolute Gasteiger partial charge is 0.357 e. The molecule has 0 bridgehead atoms. The van der Waals surface area contributed by atoms with Crippen molar-refractivity contribution in [3.05, 3.63) is 95.5 Å². The number of carbonyl (C=O) groups excluding carboxylic acids is 2. The van der Waals surface area contributed by atoms with Gasteiger partial charge in [-0.1, -0.05) is 67.1 Å². The predicted molar refractivity (Wildman–Crippen MR) is 138 cm³/mol. The van der Waals surface area contributed by atoms with Crippen LogP contribution in [0.3, 0.4) is 0 Å². The Morgan fingerprint density at radius 2 is 1.49 bits per heavy atom. The molecule has 0 aliphatic heterocycles. The van der Waals surface area contributed by atoms with Gasteiger partial charge in [-0.25, -0.2) is 8.42 Å². The molecule has 0 heterocycles. The summed E-state index contributed by atoms with van der Waals surface area (Å²) >= 11 is 6.00. The normalized spacial score (nSPS) is 12.0. The summed E-state index contributed by atoms with van der Waals surface area (Å²) in [6, 6.07) is 22.6. The smallest absolute Gasteiger partial charge is 0.264 e. The molecule has 9 heteroatoms. The molecule has 3 rings (SSSR count). The molecule has 0 aliphatic carbocycles. The van der Waals surface area contributed by atoms with Crippen molar-refractivity contribution < 1.29 is 18.0 Å². The minimum absolute atomic E-state index is 0.0687. The van der Waals surface area contributed by atoms with Crippen molar-refractivity contribution >= 4 is 39.1 Å². The molecule has 0 radical (unpaired) electrons. The highest BCUT2D eigenvalue weighted by molar-refractivity contribution is 7.92. The zero-order chi connectivity index (χ0) is 25.4. The molecule has 7 nitrogen and oxygen atoms in total. The molecule has 0 fully saturated rings. The molecule has 35 heavy (non-hydrogen) atoms. The summed E-state index contributed by atoms with van der Waals surface area (Å²) in [6.07, 6.45) is 0.357. The number of nitrogens with zero attached hydrogens (tertiary/aromatic N) is 2. The molecule has 0 saturated heterocycles. The number of nitrogens with one attached hydrogen (secondary N) is 1. The fraction of sp³-hybridized carbons (Fsp3) is 0.231. The Balaban J connectivity index is 2.01. The van der Waals surface area contributed by atoms with E-state index in [4.69, 9.17) is 11.6 Å². The lowest BCUT2D eigenvalue weighted by Gasteiger charge is -2.33. The van der Waals surface area contributed by atoms with Crippen LogP contribution in [0.5, 0.6) is 0 Å². The first kappa shape index (κ1) is 26.2. The van der Waals surface area contributed by atoms with Crippen LogP contribution in [0.25, 0.3) is 0 Å². The average molecular weight is 514 g/mol. The number of rotatable bonds is 10. The van der Waals surface area contributed by atoms with Crippen molar-refractivity contribution in [1.82, 2.24) is 10.2 Å². The number of hydrogen-bond acceptors (Lipinski definition) is 4. The zero-order valence-corrected chi connectivity index (χ0v) is 21.2. The van der Waals surface area contributed by atoms with Gasteiger partial charge < -0.3 is 10.2 Å². The number of benzene rings is 3. The maximum Gasteiger partial charge on any atom is 0.264 e. The Kier molecular flexibility index (Phi) is 8.89. The summed E-state index contributed by atoms with van der Waals surface area (Å²) in [6.45, 7) is 1.45. The van der Waals surface area contributed by atoms with Gasteiger partial charge in [0.15, 0.2) is 0 Å². The molecule has 1 N–H and O–H groups in total. The molecule has 1 atom stereocenters. The van der Waals surface area contributed by atoms with Gasteiger partial charge in [0.1, 0.15) is 12.6 Å². The van der Waals surface area contributed by atoms with Gasteiger partial charge in [0.2, 0.25) is 11.8 Å². The van der Waals surface area contributed by atoms with E-state index in [1.807, 2.05) is 0 Å². The second kappa shape index (κ2) is 11.9. The van der Waals surface area contributed by atoms with Crippen molar-refractivity contribution in [2.75, 3.05) is 17.9 Å². The molecule has 0 spiro atoms. The molecule has 0 aliphatic rings.